The van der Waals surface area contributed by atoms with E-state index in [0.717, 1.165) is 12.1 Å². The number of hydrogen-bond donors (Lipinski definition) is 2. The van der Waals surface area contributed by atoms with Crippen LogP contribution in [0.25, 0.3) is 0 Å². The Labute approximate surface area is 79.0 Å². The highest BCUT2D eigenvalue weighted by molar-refractivity contribution is 7.89. The quantitative estimate of drug-likeness (QED) is 0.740. The number of rotatable bonds is 2. The summed E-state index contributed by atoms with van der Waals surface area (Å²) in [6.07, 6.45) is 0. The fourth-order valence-corrected chi connectivity index (χ4v) is 1.37. The minimum atomic E-state index is -4.00. The number of halogens is 1. The average Bonchev–Trinajstić information content (AvgIpc) is 2.01. The Morgan fingerprint density at radius 3 is 2.36 bits per heavy atom. The lowest BCUT2D eigenvalue weighted by Crippen LogP contribution is -2.13. The molecule has 0 atom stereocenters. The predicted molar refractivity (Wildman–Crippen MR) is 44.7 cm³/mol. The highest BCUT2D eigenvalue weighted by Crippen LogP contribution is 2.13. The van der Waals surface area contributed by atoms with E-state index in [0.29, 0.717) is 6.07 Å². The summed E-state index contributed by atoms with van der Waals surface area (Å²) >= 11 is 0. The van der Waals surface area contributed by atoms with Gasteiger partial charge in [0.1, 0.15) is 5.82 Å². The molecule has 76 valence electrons. The molecule has 1 rings (SSSR count). The Balaban J connectivity index is 3.34. The molecule has 0 aliphatic heterocycles. The van der Waals surface area contributed by atoms with Crippen molar-refractivity contribution in [2.24, 2.45) is 5.14 Å². The third-order valence-corrected chi connectivity index (χ3v) is 2.41. The van der Waals surface area contributed by atoms with Crippen LogP contribution < -0.4 is 5.14 Å². The Kier molecular flexibility index (Phi) is 2.54. The number of benzene rings is 1. The standard InChI is InChI=1S/C7H6FNO4S/c8-6-3-4(14(9,12)13)1-2-5(6)7(10)11/h1-3H,(H,10,11)(H2,9,12,13). The Hall–Kier alpha value is -1.47. The van der Waals surface area contributed by atoms with Crippen LogP contribution >= 0.6 is 0 Å². The summed E-state index contributed by atoms with van der Waals surface area (Å²) in [4.78, 5) is 9.90. The molecule has 0 aromatic heterocycles. The maximum Gasteiger partial charge on any atom is 0.338 e. The molecule has 0 aliphatic carbocycles. The number of carboxylic acid groups (broad SMARTS) is 1. The molecular weight excluding hydrogens is 213 g/mol. The molecule has 0 aliphatic rings. The van der Waals surface area contributed by atoms with Crippen molar-refractivity contribution >= 4 is 16.0 Å². The monoisotopic (exact) mass is 219 g/mol. The van der Waals surface area contributed by atoms with Crippen LogP contribution in [0.3, 0.4) is 0 Å². The maximum atomic E-state index is 12.9. The third-order valence-electron chi connectivity index (χ3n) is 1.50. The summed E-state index contributed by atoms with van der Waals surface area (Å²) in [6, 6.07) is 2.35. The van der Waals surface area contributed by atoms with Gasteiger partial charge in [-0.25, -0.2) is 22.7 Å². The first-order valence-corrected chi connectivity index (χ1v) is 4.92. The fourth-order valence-electron chi connectivity index (χ4n) is 0.846. The van der Waals surface area contributed by atoms with Crippen LogP contribution in [0.5, 0.6) is 0 Å². The average molecular weight is 219 g/mol. The minimum Gasteiger partial charge on any atom is -0.478 e. The highest BCUT2D eigenvalue weighted by Gasteiger charge is 2.14. The molecule has 0 saturated carbocycles. The van der Waals surface area contributed by atoms with E-state index in [4.69, 9.17) is 10.2 Å². The van der Waals surface area contributed by atoms with E-state index in [1.54, 1.807) is 0 Å². The molecule has 0 amide bonds. The van der Waals surface area contributed by atoms with Gasteiger partial charge in [0.2, 0.25) is 10.0 Å². The van der Waals surface area contributed by atoms with E-state index in [2.05, 4.69) is 0 Å². The van der Waals surface area contributed by atoms with Gasteiger partial charge in [-0.3, -0.25) is 0 Å². The van der Waals surface area contributed by atoms with Crippen LogP contribution in [-0.4, -0.2) is 19.5 Å². The normalized spacial score (nSPS) is 11.3. The highest BCUT2D eigenvalue weighted by atomic mass is 32.2. The van der Waals surface area contributed by atoms with Gasteiger partial charge in [0.05, 0.1) is 10.5 Å². The Morgan fingerprint density at radius 1 is 1.43 bits per heavy atom. The lowest BCUT2D eigenvalue weighted by atomic mass is 10.2. The van der Waals surface area contributed by atoms with Crippen LogP contribution in [-0.2, 0) is 10.0 Å². The number of sulfonamides is 1. The van der Waals surface area contributed by atoms with Gasteiger partial charge in [-0.1, -0.05) is 0 Å². The SMILES string of the molecule is NS(=O)(=O)c1ccc(C(=O)O)c(F)c1. The van der Waals surface area contributed by atoms with Crippen molar-refractivity contribution in [2.75, 3.05) is 0 Å². The minimum absolute atomic E-state index is 0.458. The van der Waals surface area contributed by atoms with E-state index in [-0.39, 0.29) is 0 Å². The van der Waals surface area contributed by atoms with Crippen LogP contribution in [0.4, 0.5) is 4.39 Å². The molecule has 14 heavy (non-hydrogen) atoms. The van der Waals surface area contributed by atoms with Crippen molar-refractivity contribution in [1.29, 1.82) is 0 Å². The molecule has 0 fully saturated rings. The van der Waals surface area contributed by atoms with Gasteiger partial charge in [-0.15, -0.1) is 0 Å². The molecule has 3 N–H and O–H groups in total. The Morgan fingerprint density at radius 2 is 2.00 bits per heavy atom. The maximum absolute atomic E-state index is 12.9. The van der Waals surface area contributed by atoms with E-state index >= 15 is 0 Å². The van der Waals surface area contributed by atoms with Gasteiger partial charge in [-0.05, 0) is 18.2 Å². The number of carbonyl (C=O) groups is 1. The van der Waals surface area contributed by atoms with Crippen molar-refractivity contribution in [2.45, 2.75) is 4.90 Å². The molecular formula is C7H6FNO4S. The second kappa shape index (κ2) is 3.35. The number of hydrogen-bond acceptors (Lipinski definition) is 3. The van der Waals surface area contributed by atoms with Crippen molar-refractivity contribution in [3.63, 3.8) is 0 Å². The number of nitrogens with two attached hydrogens (primary N) is 1. The van der Waals surface area contributed by atoms with E-state index in [9.17, 15) is 17.6 Å². The molecule has 1 aromatic carbocycles. The van der Waals surface area contributed by atoms with Crippen molar-refractivity contribution in [3.05, 3.63) is 29.6 Å². The first-order valence-electron chi connectivity index (χ1n) is 3.38. The predicted octanol–water partition coefficient (Wildman–Crippen LogP) is 0.171. The molecule has 0 unspecified atom stereocenters. The van der Waals surface area contributed by atoms with Crippen molar-refractivity contribution in [1.82, 2.24) is 0 Å². The zero-order valence-electron chi connectivity index (χ0n) is 6.77. The van der Waals surface area contributed by atoms with Gasteiger partial charge in [0.25, 0.3) is 0 Å². The van der Waals surface area contributed by atoms with E-state index in [1.807, 2.05) is 0 Å². The van der Waals surface area contributed by atoms with Crippen LogP contribution in [0.15, 0.2) is 23.1 Å². The van der Waals surface area contributed by atoms with Gasteiger partial charge in [0.15, 0.2) is 0 Å². The molecule has 7 heteroatoms. The van der Waals surface area contributed by atoms with Crippen molar-refractivity contribution in [3.8, 4) is 0 Å². The molecule has 0 heterocycles. The van der Waals surface area contributed by atoms with Gasteiger partial charge >= 0.3 is 5.97 Å². The molecule has 0 saturated heterocycles. The number of carboxylic acids is 1. The summed E-state index contributed by atoms with van der Waals surface area (Å²) < 4.78 is 34.4. The Bertz CT molecular complexity index is 482. The molecule has 0 bridgehead atoms. The van der Waals surface area contributed by atoms with E-state index in [1.165, 1.54) is 0 Å². The zero-order valence-corrected chi connectivity index (χ0v) is 7.58. The lowest BCUT2D eigenvalue weighted by Gasteiger charge is -2.00. The second-order valence-electron chi connectivity index (χ2n) is 2.49. The van der Waals surface area contributed by atoms with Crippen molar-refractivity contribution < 1.29 is 22.7 Å². The third kappa shape index (κ3) is 2.06. The topological polar surface area (TPSA) is 97.5 Å². The number of primary sulfonamides is 1. The fraction of sp³-hybridized carbons (Fsp3) is 0. The molecule has 0 spiro atoms. The first kappa shape index (κ1) is 10.6. The number of aromatic carboxylic acids is 1. The molecule has 0 radical (unpaired) electrons. The summed E-state index contributed by atoms with van der Waals surface area (Å²) in [6.45, 7) is 0. The summed E-state index contributed by atoms with van der Waals surface area (Å²) in [7, 11) is -4.00. The lowest BCUT2D eigenvalue weighted by molar-refractivity contribution is 0.0691. The summed E-state index contributed by atoms with van der Waals surface area (Å²) in [5.41, 5.74) is -0.600. The first-order chi connectivity index (χ1) is 6.32. The van der Waals surface area contributed by atoms with Gasteiger partial charge < -0.3 is 5.11 Å². The zero-order chi connectivity index (χ0) is 10.9. The van der Waals surface area contributed by atoms with Crippen LogP contribution in [0.1, 0.15) is 10.4 Å². The van der Waals surface area contributed by atoms with Crippen LogP contribution in [0.2, 0.25) is 0 Å². The largest absolute Gasteiger partial charge is 0.478 e. The van der Waals surface area contributed by atoms with Crippen LogP contribution in [0, 0.1) is 5.82 Å². The second-order valence-corrected chi connectivity index (χ2v) is 4.05. The molecule has 5 nitrogen and oxygen atoms in total. The van der Waals surface area contributed by atoms with E-state index < -0.39 is 32.3 Å². The smallest absolute Gasteiger partial charge is 0.338 e. The van der Waals surface area contributed by atoms with Gasteiger partial charge in [0, 0.05) is 0 Å². The summed E-state index contributed by atoms with van der Waals surface area (Å²) in [5.74, 6) is -2.60. The summed E-state index contributed by atoms with van der Waals surface area (Å²) in [5, 5.41) is 13.1. The van der Waals surface area contributed by atoms with Gasteiger partial charge in [-0.2, -0.15) is 0 Å². The molecule has 1 aromatic rings.